The van der Waals surface area contributed by atoms with E-state index in [0.717, 1.165) is 29.5 Å². The van der Waals surface area contributed by atoms with E-state index in [0.29, 0.717) is 30.9 Å². The molecule has 1 fully saturated rings. The maximum Gasteiger partial charge on any atom is 0.295 e. The number of Topliss-reactive ketones (excluding diaryl/α,β-unsaturated/α-hetero) is 1. The molecule has 1 heterocycles. The summed E-state index contributed by atoms with van der Waals surface area (Å²) in [5.41, 5.74) is 3.47. The summed E-state index contributed by atoms with van der Waals surface area (Å²) >= 11 is 0. The summed E-state index contributed by atoms with van der Waals surface area (Å²) in [7, 11) is 0. The number of ether oxygens (including phenoxy) is 1. The van der Waals surface area contributed by atoms with Gasteiger partial charge in [-0.05, 0) is 43.0 Å². The van der Waals surface area contributed by atoms with Crippen molar-refractivity contribution in [3.8, 4) is 5.75 Å². The van der Waals surface area contributed by atoms with Crippen molar-refractivity contribution in [2.45, 2.75) is 39.2 Å². The lowest BCUT2D eigenvalue weighted by atomic mass is 9.94. The van der Waals surface area contributed by atoms with Gasteiger partial charge in [-0.15, -0.1) is 0 Å². The van der Waals surface area contributed by atoms with Crippen LogP contribution < -0.4 is 4.74 Å². The first-order valence-corrected chi connectivity index (χ1v) is 12.1. The highest BCUT2D eigenvalue weighted by Crippen LogP contribution is 2.40. The van der Waals surface area contributed by atoms with Crippen LogP contribution in [-0.4, -0.2) is 34.8 Å². The van der Waals surface area contributed by atoms with Crippen molar-refractivity contribution < 1.29 is 19.4 Å². The number of aryl methyl sites for hydroxylation is 1. The van der Waals surface area contributed by atoms with E-state index in [2.05, 4.69) is 6.92 Å². The summed E-state index contributed by atoms with van der Waals surface area (Å²) in [5, 5.41) is 11.2. The number of hydrogen-bond donors (Lipinski definition) is 1. The third-order valence-electron chi connectivity index (χ3n) is 6.29. The lowest BCUT2D eigenvalue weighted by Gasteiger charge is -2.26. The smallest absolute Gasteiger partial charge is 0.295 e. The molecule has 1 atom stereocenters. The van der Waals surface area contributed by atoms with E-state index < -0.39 is 17.7 Å². The third-order valence-corrected chi connectivity index (χ3v) is 6.29. The van der Waals surface area contributed by atoms with Crippen molar-refractivity contribution in [2.24, 2.45) is 0 Å². The summed E-state index contributed by atoms with van der Waals surface area (Å²) < 4.78 is 5.89. The van der Waals surface area contributed by atoms with E-state index in [4.69, 9.17) is 4.74 Å². The molecule has 35 heavy (non-hydrogen) atoms. The highest BCUT2D eigenvalue weighted by molar-refractivity contribution is 6.46. The van der Waals surface area contributed by atoms with Crippen LogP contribution in [0.4, 0.5) is 0 Å². The molecule has 0 aliphatic carbocycles. The van der Waals surface area contributed by atoms with Gasteiger partial charge in [-0.1, -0.05) is 85.6 Å². The Morgan fingerprint density at radius 2 is 1.71 bits per heavy atom. The standard InChI is InChI=1S/C30H31NO4/c1-3-4-19-35-25-12-8-11-24(20-25)27-26(28(32)23-15-13-21(2)14-16-23)29(33)30(34)31(27)18-17-22-9-6-5-7-10-22/h5-16,20,27,32H,3-4,17-19H2,1-2H3. The fourth-order valence-electron chi connectivity index (χ4n) is 4.33. The van der Waals surface area contributed by atoms with Gasteiger partial charge in [0.05, 0.1) is 18.2 Å². The molecule has 1 aliphatic rings. The highest BCUT2D eigenvalue weighted by Gasteiger charge is 2.45. The van der Waals surface area contributed by atoms with Gasteiger partial charge in [-0.2, -0.15) is 0 Å². The molecule has 0 bridgehead atoms. The molecule has 1 aliphatic heterocycles. The number of nitrogens with zero attached hydrogens (tertiary/aromatic N) is 1. The SMILES string of the molecule is CCCCOc1cccc(C2C(=C(O)c3ccc(C)cc3)C(=O)C(=O)N2CCc2ccccc2)c1. The average Bonchev–Trinajstić information content (AvgIpc) is 3.13. The largest absolute Gasteiger partial charge is 0.507 e. The Kier molecular flexibility index (Phi) is 7.66. The summed E-state index contributed by atoms with van der Waals surface area (Å²) in [6.07, 6.45) is 2.56. The van der Waals surface area contributed by atoms with E-state index in [1.54, 1.807) is 17.0 Å². The summed E-state index contributed by atoms with van der Waals surface area (Å²) in [5.74, 6) is -0.747. The van der Waals surface area contributed by atoms with Crippen molar-refractivity contribution in [1.82, 2.24) is 4.90 Å². The molecule has 4 rings (SSSR count). The Morgan fingerprint density at radius 3 is 2.43 bits per heavy atom. The summed E-state index contributed by atoms with van der Waals surface area (Å²) in [4.78, 5) is 28.0. The predicted molar refractivity (Wildman–Crippen MR) is 137 cm³/mol. The molecule has 3 aromatic rings. The fourth-order valence-corrected chi connectivity index (χ4v) is 4.33. The third kappa shape index (κ3) is 5.46. The van der Waals surface area contributed by atoms with Crippen molar-refractivity contribution in [3.63, 3.8) is 0 Å². The predicted octanol–water partition coefficient (Wildman–Crippen LogP) is 5.84. The molecule has 5 nitrogen and oxygen atoms in total. The number of ketones is 1. The van der Waals surface area contributed by atoms with Gasteiger partial charge in [0.15, 0.2) is 0 Å². The lowest BCUT2D eigenvalue weighted by Crippen LogP contribution is -2.31. The molecule has 3 aromatic carbocycles. The second kappa shape index (κ2) is 11.0. The fraction of sp³-hybridized carbons (Fsp3) is 0.267. The molecular formula is C30H31NO4. The first-order chi connectivity index (χ1) is 17.0. The molecule has 0 aromatic heterocycles. The Bertz CT molecular complexity index is 1210. The number of hydrogen-bond acceptors (Lipinski definition) is 4. The minimum Gasteiger partial charge on any atom is -0.507 e. The Balaban J connectivity index is 1.75. The molecule has 1 amide bonds. The second-order valence-electron chi connectivity index (χ2n) is 8.87. The van der Waals surface area contributed by atoms with E-state index in [1.165, 1.54) is 0 Å². The van der Waals surface area contributed by atoms with Gasteiger partial charge in [0.2, 0.25) is 0 Å². The van der Waals surface area contributed by atoms with Gasteiger partial charge in [0, 0.05) is 12.1 Å². The average molecular weight is 470 g/mol. The molecular weight excluding hydrogens is 438 g/mol. The second-order valence-corrected chi connectivity index (χ2v) is 8.87. The molecule has 0 saturated carbocycles. The van der Waals surface area contributed by atoms with Gasteiger partial charge in [-0.25, -0.2) is 0 Å². The Labute approximate surface area is 206 Å². The Hall–Kier alpha value is -3.86. The minimum atomic E-state index is -0.699. The number of carbonyl (C=O) groups excluding carboxylic acids is 2. The van der Waals surface area contributed by atoms with Crippen LogP contribution in [0.1, 0.15) is 48.1 Å². The number of amides is 1. The molecule has 1 unspecified atom stereocenters. The molecule has 0 radical (unpaired) electrons. The zero-order chi connectivity index (χ0) is 24.8. The number of benzene rings is 3. The first kappa shape index (κ1) is 24.3. The maximum atomic E-state index is 13.2. The monoisotopic (exact) mass is 469 g/mol. The van der Waals surface area contributed by atoms with Crippen molar-refractivity contribution in [2.75, 3.05) is 13.2 Å². The van der Waals surface area contributed by atoms with Crippen molar-refractivity contribution in [3.05, 3.63) is 107 Å². The van der Waals surface area contributed by atoms with Gasteiger partial charge in [0.1, 0.15) is 11.5 Å². The van der Waals surface area contributed by atoms with Gasteiger partial charge >= 0.3 is 0 Å². The van der Waals surface area contributed by atoms with Crippen LogP contribution in [0.2, 0.25) is 0 Å². The van der Waals surface area contributed by atoms with Gasteiger partial charge in [0.25, 0.3) is 11.7 Å². The van der Waals surface area contributed by atoms with Crippen LogP contribution in [0.3, 0.4) is 0 Å². The molecule has 0 spiro atoms. The van der Waals surface area contributed by atoms with Crippen LogP contribution in [-0.2, 0) is 16.0 Å². The van der Waals surface area contributed by atoms with Crippen LogP contribution in [0, 0.1) is 6.92 Å². The van der Waals surface area contributed by atoms with Crippen molar-refractivity contribution >= 4 is 17.4 Å². The van der Waals surface area contributed by atoms with E-state index in [9.17, 15) is 14.7 Å². The lowest BCUT2D eigenvalue weighted by molar-refractivity contribution is -0.139. The zero-order valence-electron chi connectivity index (χ0n) is 20.2. The summed E-state index contributed by atoms with van der Waals surface area (Å²) in [6, 6.07) is 23.9. The summed E-state index contributed by atoms with van der Waals surface area (Å²) in [6.45, 7) is 5.00. The van der Waals surface area contributed by atoms with Crippen LogP contribution in [0.15, 0.2) is 84.4 Å². The number of rotatable bonds is 9. The molecule has 180 valence electrons. The van der Waals surface area contributed by atoms with Crippen molar-refractivity contribution in [1.29, 1.82) is 0 Å². The highest BCUT2D eigenvalue weighted by atomic mass is 16.5. The minimum absolute atomic E-state index is 0.109. The number of aliphatic hydroxyl groups is 1. The molecule has 1 saturated heterocycles. The van der Waals surface area contributed by atoms with E-state index >= 15 is 0 Å². The topological polar surface area (TPSA) is 66.8 Å². The number of aliphatic hydroxyl groups excluding tert-OH is 1. The molecule has 1 N–H and O–H groups in total. The van der Waals surface area contributed by atoms with Crippen LogP contribution >= 0.6 is 0 Å². The first-order valence-electron chi connectivity index (χ1n) is 12.1. The number of carbonyl (C=O) groups is 2. The van der Waals surface area contributed by atoms with E-state index in [1.807, 2.05) is 73.7 Å². The van der Waals surface area contributed by atoms with Gasteiger partial charge in [-0.3, -0.25) is 9.59 Å². The number of unbranched alkanes of at least 4 members (excludes halogenated alkanes) is 1. The quantitative estimate of drug-likeness (QED) is 0.185. The molecule has 5 heteroatoms. The van der Waals surface area contributed by atoms with Crippen LogP contribution in [0.25, 0.3) is 5.76 Å². The van der Waals surface area contributed by atoms with Crippen LogP contribution in [0.5, 0.6) is 5.75 Å². The maximum absolute atomic E-state index is 13.2. The Morgan fingerprint density at radius 1 is 0.971 bits per heavy atom. The number of likely N-dealkylation sites (tertiary alicyclic amines) is 1. The zero-order valence-corrected chi connectivity index (χ0v) is 20.2. The van der Waals surface area contributed by atoms with E-state index in [-0.39, 0.29) is 11.3 Å². The normalized spacial score (nSPS) is 17.1. The van der Waals surface area contributed by atoms with Gasteiger partial charge < -0.3 is 14.7 Å².